The van der Waals surface area contributed by atoms with E-state index in [1.54, 1.807) is 12.1 Å². The van der Waals surface area contributed by atoms with Gasteiger partial charge in [0.05, 0.1) is 35.3 Å². The Morgan fingerprint density at radius 1 is 1.28 bits per heavy atom. The van der Waals surface area contributed by atoms with E-state index in [1.807, 2.05) is 6.07 Å². The molecule has 4 atom stereocenters. The van der Waals surface area contributed by atoms with Gasteiger partial charge in [0.25, 0.3) is 0 Å². The van der Waals surface area contributed by atoms with Crippen LogP contribution in [0.1, 0.15) is 23.1 Å². The predicted molar refractivity (Wildman–Crippen MR) is 92.4 cm³/mol. The van der Waals surface area contributed by atoms with E-state index in [9.17, 15) is 9.90 Å². The second kappa shape index (κ2) is 5.41. The Morgan fingerprint density at radius 2 is 2.00 bits per heavy atom. The fourth-order valence-electron chi connectivity index (χ4n) is 4.73. The van der Waals surface area contributed by atoms with Crippen molar-refractivity contribution < 1.29 is 14.6 Å². The van der Waals surface area contributed by atoms with Crippen LogP contribution in [-0.2, 0) is 17.8 Å². The van der Waals surface area contributed by atoms with Gasteiger partial charge in [-0.2, -0.15) is 0 Å². The molecule has 1 N–H and O–H groups in total. The second-order valence-corrected chi connectivity index (χ2v) is 7.25. The monoisotopic (exact) mass is 339 g/mol. The lowest BCUT2D eigenvalue weighted by Gasteiger charge is -2.18. The molecular formula is C19H21N3O3. The maximum atomic E-state index is 11.2. The highest BCUT2D eigenvalue weighted by atomic mass is 16.5. The van der Waals surface area contributed by atoms with Crippen LogP contribution in [0.25, 0.3) is 11.0 Å². The molecule has 0 amide bonds. The third kappa shape index (κ3) is 2.24. The minimum atomic E-state index is -0.912. The molecule has 1 aromatic heterocycles. The highest BCUT2D eigenvalue weighted by Gasteiger charge is 2.50. The Bertz CT molecular complexity index is 867. The number of hydrogen-bond acceptors (Lipinski definition) is 4. The number of carboxylic acid groups (broad SMARTS) is 1. The first kappa shape index (κ1) is 15.1. The molecule has 0 radical (unpaired) electrons. The normalized spacial score (nSPS) is 30.4. The molecule has 2 fully saturated rings. The quantitative estimate of drug-likeness (QED) is 0.865. The maximum absolute atomic E-state index is 11.2. The van der Waals surface area contributed by atoms with Crippen LogP contribution in [0.2, 0.25) is 0 Å². The van der Waals surface area contributed by atoms with Crippen LogP contribution < -0.4 is 0 Å². The molecule has 25 heavy (non-hydrogen) atoms. The highest BCUT2D eigenvalue weighted by molar-refractivity contribution is 5.92. The molecule has 0 aliphatic carbocycles. The molecule has 130 valence electrons. The van der Waals surface area contributed by atoms with Crippen LogP contribution in [0, 0.1) is 11.8 Å². The highest BCUT2D eigenvalue weighted by Crippen LogP contribution is 2.43. The van der Waals surface area contributed by atoms with Gasteiger partial charge in [0.2, 0.25) is 0 Å². The van der Waals surface area contributed by atoms with Crippen molar-refractivity contribution in [2.75, 3.05) is 13.1 Å². The zero-order valence-corrected chi connectivity index (χ0v) is 14.1. The summed E-state index contributed by atoms with van der Waals surface area (Å²) < 4.78 is 8.14. The summed E-state index contributed by atoms with van der Waals surface area (Å²) in [5.41, 5.74) is 2.06. The number of rotatable bonds is 4. The number of aromatic carboxylic acids is 1. The summed E-state index contributed by atoms with van der Waals surface area (Å²) >= 11 is 0. The number of likely N-dealkylation sites (tertiary alicyclic amines) is 1. The number of aryl methyl sites for hydroxylation is 1. The van der Waals surface area contributed by atoms with Gasteiger partial charge >= 0.3 is 5.97 Å². The molecule has 1 aromatic carbocycles. The van der Waals surface area contributed by atoms with Crippen LogP contribution in [0.4, 0.5) is 0 Å². The SMILES string of the molecule is CCn1c(CN2CC3C4C=CC(O4)C3C2)nc2cc(C(=O)O)ccc21. The molecular weight excluding hydrogens is 318 g/mol. The lowest BCUT2D eigenvalue weighted by atomic mass is 9.86. The van der Waals surface area contributed by atoms with Crippen molar-refractivity contribution in [2.24, 2.45) is 11.8 Å². The smallest absolute Gasteiger partial charge is 0.335 e. The summed E-state index contributed by atoms with van der Waals surface area (Å²) in [6, 6.07) is 5.20. The van der Waals surface area contributed by atoms with Crippen LogP contribution in [0.5, 0.6) is 0 Å². The van der Waals surface area contributed by atoms with Gasteiger partial charge in [0, 0.05) is 31.5 Å². The molecule has 6 nitrogen and oxygen atoms in total. The summed E-state index contributed by atoms with van der Waals surface area (Å²) in [6.07, 6.45) is 5.01. The Kier molecular flexibility index (Phi) is 3.27. The van der Waals surface area contributed by atoms with Crippen molar-refractivity contribution in [3.05, 3.63) is 41.7 Å². The van der Waals surface area contributed by atoms with Gasteiger partial charge in [0.15, 0.2) is 0 Å². The van der Waals surface area contributed by atoms with Gasteiger partial charge < -0.3 is 14.4 Å². The van der Waals surface area contributed by atoms with Crippen LogP contribution in [0.3, 0.4) is 0 Å². The molecule has 5 rings (SSSR count). The van der Waals surface area contributed by atoms with Gasteiger partial charge in [0.1, 0.15) is 5.82 Å². The van der Waals surface area contributed by atoms with Crippen molar-refractivity contribution in [3.63, 3.8) is 0 Å². The number of fused-ring (bicyclic) bond motifs is 6. The molecule has 3 aliphatic heterocycles. The van der Waals surface area contributed by atoms with E-state index in [4.69, 9.17) is 9.72 Å². The van der Waals surface area contributed by atoms with E-state index in [1.165, 1.54) is 0 Å². The molecule has 6 heteroatoms. The number of benzene rings is 1. The molecule has 0 spiro atoms. The standard InChI is InChI=1S/C19H21N3O3/c1-2-22-15-4-3-11(19(23)24)7-14(15)20-18(22)10-21-8-12-13(9-21)17-6-5-16(12)25-17/h3-7,12-13,16-17H,2,8-10H2,1H3,(H,23,24). The fourth-order valence-corrected chi connectivity index (χ4v) is 4.73. The average molecular weight is 339 g/mol. The largest absolute Gasteiger partial charge is 0.478 e. The Morgan fingerprint density at radius 3 is 2.64 bits per heavy atom. The van der Waals surface area contributed by atoms with Gasteiger partial charge in [-0.05, 0) is 25.1 Å². The van der Waals surface area contributed by atoms with E-state index in [0.717, 1.165) is 43.0 Å². The first-order valence-electron chi connectivity index (χ1n) is 8.92. The number of ether oxygens (including phenoxy) is 1. The fraction of sp³-hybridized carbons (Fsp3) is 0.474. The number of carbonyl (C=O) groups is 1. The summed E-state index contributed by atoms with van der Waals surface area (Å²) in [7, 11) is 0. The first-order chi connectivity index (χ1) is 12.1. The van der Waals surface area contributed by atoms with Gasteiger partial charge in [-0.3, -0.25) is 4.90 Å². The average Bonchev–Trinajstić information content (AvgIpc) is 3.34. The third-order valence-electron chi connectivity index (χ3n) is 5.89. The zero-order valence-electron chi connectivity index (χ0n) is 14.1. The van der Waals surface area contributed by atoms with Crippen LogP contribution >= 0.6 is 0 Å². The first-order valence-corrected chi connectivity index (χ1v) is 8.92. The Balaban J connectivity index is 1.42. The Hall–Kier alpha value is -2.18. The van der Waals surface area contributed by atoms with Crippen molar-refractivity contribution in [1.29, 1.82) is 0 Å². The number of carboxylic acids is 1. The lowest BCUT2D eigenvalue weighted by Crippen LogP contribution is -2.26. The number of hydrogen-bond donors (Lipinski definition) is 1. The summed E-state index contributed by atoms with van der Waals surface area (Å²) in [4.78, 5) is 18.4. The topological polar surface area (TPSA) is 67.6 Å². The van der Waals surface area contributed by atoms with E-state index >= 15 is 0 Å². The van der Waals surface area contributed by atoms with Crippen LogP contribution in [0.15, 0.2) is 30.4 Å². The summed E-state index contributed by atoms with van der Waals surface area (Å²) in [5.74, 6) is 1.31. The van der Waals surface area contributed by atoms with E-state index < -0.39 is 5.97 Å². The van der Waals surface area contributed by atoms with Crippen molar-refractivity contribution in [2.45, 2.75) is 32.2 Å². The number of imidazole rings is 1. The molecule has 3 aliphatic rings. The van der Waals surface area contributed by atoms with Crippen molar-refractivity contribution >= 4 is 17.0 Å². The van der Waals surface area contributed by atoms with Crippen molar-refractivity contribution in [3.8, 4) is 0 Å². The van der Waals surface area contributed by atoms with E-state index in [0.29, 0.717) is 24.0 Å². The van der Waals surface area contributed by atoms with Gasteiger partial charge in [-0.15, -0.1) is 0 Å². The summed E-state index contributed by atoms with van der Waals surface area (Å²) in [6.45, 7) is 5.82. The lowest BCUT2D eigenvalue weighted by molar-refractivity contribution is 0.0697. The van der Waals surface area contributed by atoms with E-state index in [-0.39, 0.29) is 5.56 Å². The molecule has 2 aromatic rings. The van der Waals surface area contributed by atoms with Crippen molar-refractivity contribution in [1.82, 2.24) is 14.5 Å². The summed E-state index contributed by atoms with van der Waals surface area (Å²) in [5, 5.41) is 9.19. The molecule has 2 bridgehead atoms. The van der Waals surface area contributed by atoms with E-state index in [2.05, 4.69) is 28.5 Å². The molecule has 4 heterocycles. The molecule has 4 unspecified atom stereocenters. The van der Waals surface area contributed by atoms with Crippen LogP contribution in [-0.4, -0.2) is 50.8 Å². The number of nitrogens with zero attached hydrogens (tertiary/aromatic N) is 3. The Labute approximate surface area is 145 Å². The second-order valence-electron chi connectivity index (χ2n) is 7.25. The predicted octanol–water partition coefficient (Wildman–Crippen LogP) is 2.14. The van der Waals surface area contributed by atoms with Gasteiger partial charge in [-0.25, -0.2) is 9.78 Å². The minimum absolute atomic E-state index is 0.287. The third-order valence-corrected chi connectivity index (χ3v) is 5.89. The maximum Gasteiger partial charge on any atom is 0.335 e. The minimum Gasteiger partial charge on any atom is -0.478 e. The molecule has 2 saturated heterocycles. The number of aromatic nitrogens is 2. The molecule has 0 saturated carbocycles. The zero-order chi connectivity index (χ0) is 17.1. The van der Waals surface area contributed by atoms with Gasteiger partial charge in [-0.1, -0.05) is 12.2 Å².